The van der Waals surface area contributed by atoms with Gasteiger partial charge in [-0.25, -0.2) is 0 Å². The predicted octanol–water partition coefficient (Wildman–Crippen LogP) is 3.65. The molecule has 1 aromatic carbocycles. The molecule has 2 rings (SSSR count). The van der Waals surface area contributed by atoms with E-state index in [1.54, 1.807) is 0 Å². The Kier molecular flexibility index (Phi) is 3.51. The van der Waals surface area contributed by atoms with Crippen molar-refractivity contribution >= 4 is 5.91 Å². The third kappa shape index (κ3) is 2.68. The van der Waals surface area contributed by atoms with E-state index in [0.717, 1.165) is 18.4 Å². The van der Waals surface area contributed by atoms with Crippen LogP contribution in [0.1, 0.15) is 61.9 Å². The maximum atomic E-state index is 12.0. The molecule has 1 aliphatic carbocycles. The molecule has 0 saturated heterocycles. The van der Waals surface area contributed by atoms with Crippen molar-refractivity contribution in [1.29, 1.82) is 0 Å². The molecule has 1 aliphatic rings. The quantitative estimate of drug-likeness (QED) is 0.848. The van der Waals surface area contributed by atoms with E-state index in [1.165, 1.54) is 17.5 Å². The summed E-state index contributed by atoms with van der Waals surface area (Å²) >= 11 is 0. The fourth-order valence-electron chi connectivity index (χ4n) is 2.29. The van der Waals surface area contributed by atoms with Gasteiger partial charge in [0.2, 0.25) is 0 Å². The van der Waals surface area contributed by atoms with Crippen LogP contribution in [0, 0.1) is 6.92 Å². The zero-order valence-corrected chi connectivity index (χ0v) is 10.9. The lowest BCUT2D eigenvalue weighted by molar-refractivity contribution is 0.0917. The molecule has 0 aromatic heterocycles. The van der Waals surface area contributed by atoms with E-state index in [1.807, 2.05) is 12.1 Å². The molecule has 1 N–H and O–H groups in total. The zero-order chi connectivity index (χ0) is 12.4. The topological polar surface area (TPSA) is 29.1 Å². The van der Waals surface area contributed by atoms with Crippen LogP contribution >= 0.6 is 0 Å². The summed E-state index contributed by atoms with van der Waals surface area (Å²) in [5, 5.41) is 3.07. The first-order valence-electron chi connectivity index (χ1n) is 6.49. The molecule has 0 bridgehead atoms. The minimum absolute atomic E-state index is 0. The number of nitrogens with one attached hydrogen (secondary N) is 1. The predicted molar refractivity (Wildman–Crippen MR) is 72.5 cm³/mol. The summed E-state index contributed by atoms with van der Waals surface area (Å²) in [4.78, 5) is 12.0. The highest BCUT2D eigenvalue weighted by Crippen LogP contribution is 2.21. The minimum Gasteiger partial charge on any atom is -0.349 e. The van der Waals surface area contributed by atoms with E-state index in [4.69, 9.17) is 0 Å². The van der Waals surface area contributed by atoms with Crippen molar-refractivity contribution in [2.75, 3.05) is 0 Å². The fourth-order valence-corrected chi connectivity index (χ4v) is 2.29. The third-order valence-electron chi connectivity index (χ3n) is 3.59. The average molecular weight is 233 g/mol. The van der Waals surface area contributed by atoms with Crippen molar-refractivity contribution in [3.8, 4) is 0 Å². The number of aryl methyl sites for hydroxylation is 1. The summed E-state index contributed by atoms with van der Waals surface area (Å²) in [7, 11) is 0. The van der Waals surface area contributed by atoms with Crippen LogP contribution in [0.4, 0.5) is 0 Å². The number of rotatable bonds is 3. The molecule has 2 heteroatoms. The Morgan fingerprint density at radius 1 is 1.41 bits per heavy atom. The maximum absolute atomic E-state index is 12.0. The van der Waals surface area contributed by atoms with E-state index < -0.39 is 0 Å². The van der Waals surface area contributed by atoms with Gasteiger partial charge in [-0.2, -0.15) is 0 Å². The number of amides is 1. The number of hydrogen-bond acceptors (Lipinski definition) is 1. The lowest BCUT2D eigenvalue weighted by atomic mass is 9.92. The van der Waals surface area contributed by atoms with Crippen LogP contribution in [-0.4, -0.2) is 11.9 Å². The summed E-state index contributed by atoms with van der Waals surface area (Å²) in [6.07, 6.45) is 3.51. The largest absolute Gasteiger partial charge is 0.349 e. The number of hydrogen-bond donors (Lipinski definition) is 1. The Morgan fingerprint density at radius 3 is 2.59 bits per heavy atom. The molecule has 2 nitrogen and oxygen atoms in total. The number of carbonyl (C=O) groups excluding carboxylic acids is 1. The zero-order valence-electron chi connectivity index (χ0n) is 10.9. The highest BCUT2D eigenvalue weighted by Gasteiger charge is 2.20. The van der Waals surface area contributed by atoms with Crippen LogP contribution < -0.4 is 5.32 Å². The molecule has 0 spiro atoms. The molecular weight excluding hydrogens is 210 g/mol. The standard InChI is InChI=1S/C15H21NO.H2/c1-10(2)14-8-7-12(9-11(14)3)15(17)16-13-5-4-6-13;/h7-10,13H,4-6H2,1-3H3,(H,16,17);1H. The van der Waals surface area contributed by atoms with E-state index in [9.17, 15) is 4.79 Å². The molecule has 1 aromatic rings. The first kappa shape index (κ1) is 12.2. The number of carbonyl (C=O) groups is 1. The Morgan fingerprint density at radius 2 is 2.12 bits per heavy atom. The lowest BCUT2D eigenvalue weighted by Gasteiger charge is -2.26. The third-order valence-corrected chi connectivity index (χ3v) is 3.59. The van der Waals surface area contributed by atoms with E-state index in [0.29, 0.717) is 12.0 Å². The normalized spacial score (nSPS) is 15.8. The van der Waals surface area contributed by atoms with Gasteiger partial charge < -0.3 is 5.32 Å². The maximum Gasteiger partial charge on any atom is 0.251 e. The van der Waals surface area contributed by atoms with Crippen LogP contribution in [0.5, 0.6) is 0 Å². The van der Waals surface area contributed by atoms with Gasteiger partial charge in [0.15, 0.2) is 0 Å². The second-order valence-electron chi connectivity index (χ2n) is 5.33. The van der Waals surface area contributed by atoms with Crippen molar-refractivity contribution in [1.82, 2.24) is 5.32 Å². The number of benzene rings is 1. The van der Waals surface area contributed by atoms with Gasteiger partial charge in [-0.15, -0.1) is 0 Å². The Bertz CT molecular complexity index is 425. The van der Waals surface area contributed by atoms with Gasteiger partial charge in [0.05, 0.1) is 0 Å². The van der Waals surface area contributed by atoms with Crippen molar-refractivity contribution < 1.29 is 6.22 Å². The first-order valence-corrected chi connectivity index (χ1v) is 6.49. The van der Waals surface area contributed by atoms with Crippen LogP contribution in [0.15, 0.2) is 18.2 Å². The van der Waals surface area contributed by atoms with Crippen LogP contribution in [0.25, 0.3) is 0 Å². The van der Waals surface area contributed by atoms with E-state index >= 15 is 0 Å². The molecular formula is C15H23NO. The molecule has 94 valence electrons. The Balaban J connectivity index is 0.00000162. The van der Waals surface area contributed by atoms with Crippen molar-refractivity contribution in [2.24, 2.45) is 0 Å². The highest BCUT2D eigenvalue weighted by molar-refractivity contribution is 5.94. The molecule has 0 aliphatic heterocycles. The lowest BCUT2D eigenvalue weighted by Crippen LogP contribution is -2.39. The summed E-state index contributed by atoms with van der Waals surface area (Å²) in [5.41, 5.74) is 3.32. The summed E-state index contributed by atoms with van der Waals surface area (Å²) in [5.74, 6) is 0.590. The fraction of sp³-hybridized carbons (Fsp3) is 0.533. The summed E-state index contributed by atoms with van der Waals surface area (Å²) < 4.78 is 0. The molecule has 0 unspecified atom stereocenters. The molecule has 0 radical (unpaired) electrons. The minimum atomic E-state index is 0. The van der Waals surface area contributed by atoms with Gasteiger partial charge >= 0.3 is 0 Å². The van der Waals surface area contributed by atoms with Crippen molar-refractivity contribution in [3.63, 3.8) is 0 Å². The van der Waals surface area contributed by atoms with Crippen LogP contribution in [-0.2, 0) is 0 Å². The van der Waals surface area contributed by atoms with E-state index in [2.05, 4.69) is 32.2 Å². The average Bonchev–Trinajstić information content (AvgIpc) is 2.22. The SMILES string of the molecule is Cc1cc(C(=O)NC2CCC2)ccc1C(C)C.[HH]. The summed E-state index contributed by atoms with van der Waals surface area (Å²) in [6, 6.07) is 6.43. The van der Waals surface area contributed by atoms with Gasteiger partial charge in [-0.3, -0.25) is 4.79 Å². The van der Waals surface area contributed by atoms with Crippen LogP contribution in [0.3, 0.4) is 0 Å². The van der Waals surface area contributed by atoms with Crippen molar-refractivity contribution in [2.45, 2.75) is 52.0 Å². The van der Waals surface area contributed by atoms with Gasteiger partial charge in [-0.05, 0) is 55.4 Å². The molecule has 1 saturated carbocycles. The molecule has 0 atom stereocenters. The smallest absolute Gasteiger partial charge is 0.251 e. The van der Waals surface area contributed by atoms with E-state index in [-0.39, 0.29) is 7.33 Å². The Labute approximate surface area is 105 Å². The monoisotopic (exact) mass is 233 g/mol. The van der Waals surface area contributed by atoms with Gasteiger partial charge in [0, 0.05) is 13.0 Å². The van der Waals surface area contributed by atoms with Crippen molar-refractivity contribution in [3.05, 3.63) is 34.9 Å². The second-order valence-corrected chi connectivity index (χ2v) is 5.33. The van der Waals surface area contributed by atoms with Gasteiger partial charge in [-0.1, -0.05) is 19.9 Å². The molecule has 1 fully saturated rings. The molecule has 0 heterocycles. The highest BCUT2D eigenvalue weighted by atomic mass is 16.1. The summed E-state index contributed by atoms with van der Waals surface area (Å²) in [6.45, 7) is 6.43. The first-order chi connectivity index (χ1) is 8.08. The molecule has 17 heavy (non-hydrogen) atoms. The van der Waals surface area contributed by atoms with Gasteiger partial charge in [0.1, 0.15) is 0 Å². The Hall–Kier alpha value is -1.31. The van der Waals surface area contributed by atoms with Crippen LogP contribution in [0.2, 0.25) is 0 Å². The molecule has 1 amide bonds. The second kappa shape index (κ2) is 4.91. The van der Waals surface area contributed by atoms with Gasteiger partial charge in [0.25, 0.3) is 5.91 Å².